The minimum atomic E-state index is -0.354. The lowest BCUT2D eigenvalue weighted by Crippen LogP contribution is -2.43. The van der Waals surface area contributed by atoms with Crippen molar-refractivity contribution < 1.29 is 4.79 Å². The van der Waals surface area contributed by atoms with Crippen LogP contribution in [0.2, 0.25) is 0 Å². The molecule has 1 atom stereocenters. The number of nitrogens with zero attached hydrogens (tertiary/aromatic N) is 3. The fourth-order valence-electron chi connectivity index (χ4n) is 3.74. The van der Waals surface area contributed by atoms with Crippen LogP contribution >= 0.6 is 11.3 Å². The zero-order valence-electron chi connectivity index (χ0n) is 17.3. The van der Waals surface area contributed by atoms with Crippen molar-refractivity contribution >= 4 is 34.0 Å². The maximum absolute atomic E-state index is 12.3. The highest BCUT2D eigenvalue weighted by molar-refractivity contribution is 7.13. The van der Waals surface area contributed by atoms with Crippen LogP contribution in [0.5, 0.6) is 0 Å². The average Bonchev–Trinajstić information content (AvgIpc) is 3.25. The Labute approximate surface area is 176 Å². The highest BCUT2D eigenvalue weighted by Gasteiger charge is 2.26. The standard InChI is InChI=1S/C23H28N4OS/c1-23(2,3)22(28)24-14-16-8-6-12-27(15-16)21-17-9-4-5-10-18(17)25-20(26-21)19-11-7-13-29-19/h4-5,7,9-11,13,16H,6,8,12,14-15H2,1-3H3,(H,24,28). The maximum atomic E-state index is 12.3. The number of fused-ring (bicyclic) bond motifs is 1. The first kappa shape index (κ1) is 19.8. The highest BCUT2D eigenvalue weighted by atomic mass is 32.1. The Bertz CT molecular complexity index is 994. The zero-order chi connectivity index (χ0) is 20.4. The van der Waals surface area contributed by atoms with Gasteiger partial charge in [0.15, 0.2) is 5.82 Å². The van der Waals surface area contributed by atoms with Crippen LogP contribution in [0.3, 0.4) is 0 Å². The maximum Gasteiger partial charge on any atom is 0.225 e. The molecule has 2 aromatic heterocycles. The van der Waals surface area contributed by atoms with Crippen molar-refractivity contribution in [3.8, 4) is 10.7 Å². The fraction of sp³-hybridized carbons (Fsp3) is 0.435. The van der Waals surface area contributed by atoms with Crippen LogP contribution in [-0.2, 0) is 4.79 Å². The molecule has 0 bridgehead atoms. The minimum absolute atomic E-state index is 0.113. The molecule has 4 rings (SSSR count). The molecular weight excluding hydrogens is 380 g/mol. The van der Waals surface area contributed by atoms with E-state index in [1.807, 2.05) is 39.0 Å². The van der Waals surface area contributed by atoms with Crippen LogP contribution in [-0.4, -0.2) is 35.5 Å². The van der Waals surface area contributed by atoms with Crippen molar-refractivity contribution in [2.45, 2.75) is 33.6 Å². The number of carbonyl (C=O) groups excluding carboxylic acids is 1. The molecule has 0 spiro atoms. The molecule has 3 heterocycles. The number of piperidine rings is 1. The summed E-state index contributed by atoms with van der Waals surface area (Å²) in [6, 6.07) is 12.3. The Morgan fingerprint density at radius 3 is 2.79 bits per heavy atom. The number of nitrogens with one attached hydrogen (secondary N) is 1. The molecule has 5 nitrogen and oxygen atoms in total. The number of carbonyl (C=O) groups is 1. The summed E-state index contributed by atoms with van der Waals surface area (Å²) in [6.45, 7) is 8.45. The first-order chi connectivity index (χ1) is 13.9. The molecule has 0 radical (unpaired) electrons. The number of para-hydroxylation sites is 1. The molecule has 3 aromatic rings. The molecule has 1 aromatic carbocycles. The highest BCUT2D eigenvalue weighted by Crippen LogP contribution is 2.31. The molecule has 6 heteroatoms. The average molecular weight is 409 g/mol. The molecule has 1 aliphatic rings. The number of aromatic nitrogens is 2. The quantitative estimate of drug-likeness (QED) is 0.678. The number of thiophene rings is 1. The first-order valence-electron chi connectivity index (χ1n) is 10.3. The van der Waals surface area contributed by atoms with Crippen LogP contribution in [0.25, 0.3) is 21.6 Å². The van der Waals surface area contributed by atoms with E-state index in [1.165, 1.54) is 0 Å². The van der Waals surface area contributed by atoms with E-state index >= 15 is 0 Å². The van der Waals surface area contributed by atoms with Crippen molar-refractivity contribution in [2.75, 3.05) is 24.5 Å². The third kappa shape index (κ3) is 4.42. The van der Waals surface area contributed by atoms with Crippen LogP contribution < -0.4 is 10.2 Å². The lowest BCUT2D eigenvalue weighted by molar-refractivity contribution is -0.128. The predicted octanol–water partition coefficient (Wildman–Crippen LogP) is 4.74. The molecule has 1 aliphatic heterocycles. The van der Waals surface area contributed by atoms with Crippen molar-refractivity contribution in [3.63, 3.8) is 0 Å². The predicted molar refractivity (Wildman–Crippen MR) is 120 cm³/mol. The third-order valence-corrected chi connectivity index (χ3v) is 6.24. The van der Waals surface area contributed by atoms with Crippen LogP contribution in [0.1, 0.15) is 33.6 Å². The fourth-order valence-corrected chi connectivity index (χ4v) is 4.40. The molecule has 0 aliphatic carbocycles. The smallest absolute Gasteiger partial charge is 0.225 e. The van der Waals surface area contributed by atoms with E-state index in [1.54, 1.807) is 11.3 Å². The Hall–Kier alpha value is -2.47. The zero-order valence-corrected chi connectivity index (χ0v) is 18.1. The second-order valence-corrected chi connectivity index (χ2v) is 9.73. The van der Waals surface area contributed by atoms with Gasteiger partial charge in [-0.2, -0.15) is 0 Å². The number of anilines is 1. The summed E-state index contributed by atoms with van der Waals surface area (Å²) in [6.07, 6.45) is 2.23. The largest absolute Gasteiger partial charge is 0.356 e. The van der Waals surface area contributed by atoms with Gasteiger partial charge in [-0.3, -0.25) is 4.79 Å². The normalized spacial score (nSPS) is 17.5. The van der Waals surface area contributed by atoms with Gasteiger partial charge in [0, 0.05) is 30.4 Å². The summed E-state index contributed by atoms with van der Waals surface area (Å²) >= 11 is 1.66. The lowest BCUT2D eigenvalue weighted by atomic mass is 9.94. The second kappa shape index (κ2) is 8.11. The molecule has 1 fully saturated rings. The second-order valence-electron chi connectivity index (χ2n) is 8.78. The van der Waals surface area contributed by atoms with Gasteiger partial charge in [-0.25, -0.2) is 9.97 Å². The molecule has 1 amide bonds. The van der Waals surface area contributed by atoms with Gasteiger partial charge in [0.25, 0.3) is 0 Å². The van der Waals surface area contributed by atoms with Crippen LogP contribution in [0.4, 0.5) is 5.82 Å². The molecule has 1 unspecified atom stereocenters. The number of benzene rings is 1. The first-order valence-corrected chi connectivity index (χ1v) is 11.1. The van der Waals surface area contributed by atoms with Gasteiger partial charge in [-0.1, -0.05) is 39.0 Å². The molecule has 1 N–H and O–H groups in total. The van der Waals surface area contributed by atoms with Gasteiger partial charge in [0.1, 0.15) is 5.82 Å². The van der Waals surface area contributed by atoms with Gasteiger partial charge in [-0.05, 0) is 42.3 Å². The summed E-state index contributed by atoms with van der Waals surface area (Å²) in [7, 11) is 0. The SMILES string of the molecule is CC(C)(C)C(=O)NCC1CCCN(c2nc(-c3cccs3)nc3ccccc23)C1. The topological polar surface area (TPSA) is 58.1 Å². The monoisotopic (exact) mass is 408 g/mol. The van der Waals surface area contributed by atoms with E-state index in [2.05, 4.69) is 33.8 Å². The van der Waals surface area contributed by atoms with Gasteiger partial charge in [-0.15, -0.1) is 11.3 Å². The van der Waals surface area contributed by atoms with E-state index in [-0.39, 0.29) is 11.3 Å². The summed E-state index contributed by atoms with van der Waals surface area (Å²) in [5, 5.41) is 6.29. The van der Waals surface area contributed by atoms with Crippen molar-refractivity contribution in [1.82, 2.24) is 15.3 Å². The lowest BCUT2D eigenvalue weighted by Gasteiger charge is -2.34. The molecule has 29 heavy (non-hydrogen) atoms. The van der Waals surface area contributed by atoms with Crippen LogP contribution in [0, 0.1) is 11.3 Å². The van der Waals surface area contributed by atoms with E-state index in [0.717, 1.165) is 53.4 Å². The summed E-state index contributed by atoms with van der Waals surface area (Å²) in [5.74, 6) is 2.33. The number of rotatable bonds is 4. The van der Waals surface area contributed by atoms with Crippen molar-refractivity contribution in [1.29, 1.82) is 0 Å². The number of amides is 1. The Morgan fingerprint density at radius 2 is 2.03 bits per heavy atom. The van der Waals surface area contributed by atoms with Crippen LogP contribution in [0.15, 0.2) is 41.8 Å². The van der Waals surface area contributed by atoms with Crippen molar-refractivity contribution in [3.05, 3.63) is 41.8 Å². The Morgan fingerprint density at radius 1 is 1.21 bits per heavy atom. The Balaban J connectivity index is 1.59. The molecular formula is C23H28N4OS. The number of hydrogen-bond acceptors (Lipinski definition) is 5. The Kier molecular flexibility index (Phi) is 5.54. The van der Waals surface area contributed by atoms with Crippen molar-refractivity contribution in [2.24, 2.45) is 11.3 Å². The van der Waals surface area contributed by atoms with E-state index in [9.17, 15) is 4.79 Å². The van der Waals surface area contributed by atoms with E-state index < -0.39 is 0 Å². The summed E-state index contributed by atoms with van der Waals surface area (Å²) < 4.78 is 0. The van der Waals surface area contributed by atoms with Gasteiger partial charge in [0.2, 0.25) is 5.91 Å². The molecule has 1 saturated heterocycles. The van der Waals surface area contributed by atoms with E-state index in [4.69, 9.17) is 9.97 Å². The number of hydrogen-bond donors (Lipinski definition) is 1. The molecule has 152 valence electrons. The summed E-state index contributed by atoms with van der Waals surface area (Å²) in [5.41, 5.74) is 0.622. The minimum Gasteiger partial charge on any atom is -0.356 e. The van der Waals surface area contributed by atoms with Gasteiger partial charge < -0.3 is 10.2 Å². The third-order valence-electron chi connectivity index (χ3n) is 5.38. The molecule has 0 saturated carbocycles. The van der Waals surface area contributed by atoms with Gasteiger partial charge >= 0.3 is 0 Å². The van der Waals surface area contributed by atoms with E-state index in [0.29, 0.717) is 12.5 Å². The van der Waals surface area contributed by atoms with Gasteiger partial charge in [0.05, 0.1) is 10.4 Å². The summed E-state index contributed by atoms with van der Waals surface area (Å²) in [4.78, 5) is 25.5.